The van der Waals surface area contributed by atoms with E-state index in [1.165, 1.54) is 0 Å². The van der Waals surface area contributed by atoms with E-state index < -0.39 is 0 Å². The maximum absolute atomic E-state index is 12.9. The Bertz CT molecular complexity index is 756. The molecule has 0 saturated carbocycles. The first-order valence-corrected chi connectivity index (χ1v) is 10.5. The van der Waals surface area contributed by atoms with Crippen LogP contribution in [0, 0.1) is 11.8 Å². The maximum atomic E-state index is 12.9. The Balaban J connectivity index is 1.57. The molecule has 0 radical (unpaired) electrons. The molecule has 0 spiro atoms. The van der Waals surface area contributed by atoms with Gasteiger partial charge >= 0.3 is 0 Å². The van der Waals surface area contributed by atoms with Gasteiger partial charge in [-0.1, -0.05) is 51.0 Å². The highest BCUT2D eigenvalue weighted by atomic mass is 16.2. The second-order valence-electron chi connectivity index (χ2n) is 8.58. The van der Waals surface area contributed by atoms with Crippen LogP contribution in [0.4, 0.5) is 5.95 Å². The molecule has 1 aliphatic rings. The second kappa shape index (κ2) is 9.82. The van der Waals surface area contributed by atoms with Crippen LogP contribution in [-0.4, -0.2) is 81.7 Å². The lowest BCUT2D eigenvalue weighted by atomic mass is 10.1. The van der Waals surface area contributed by atoms with Gasteiger partial charge in [-0.05, 0) is 34.4 Å². The van der Waals surface area contributed by atoms with Crippen molar-refractivity contribution in [3.63, 3.8) is 0 Å². The van der Waals surface area contributed by atoms with Gasteiger partial charge in [-0.15, -0.1) is 0 Å². The average molecular weight is 400 g/mol. The van der Waals surface area contributed by atoms with Crippen LogP contribution in [0.5, 0.6) is 0 Å². The molecule has 1 aromatic carbocycles. The summed E-state index contributed by atoms with van der Waals surface area (Å²) >= 11 is 0. The van der Waals surface area contributed by atoms with E-state index in [0.29, 0.717) is 18.4 Å². The number of nitrogens with zero attached hydrogens (tertiary/aromatic N) is 7. The highest BCUT2D eigenvalue weighted by Crippen LogP contribution is 2.17. The van der Waals surface area contributed by atoms with Crippen molar-refractivity contribution in [2.24, 2.45) is 11.8 Å². The molecule has 3 rings (SSSR count). The third-order valence-corrected chi connectivity index (χ3v) is 4.99. The fraction of sp³-hybridized carbons (Fsp3) is 0.619. The van der Waals surface area contributed by atoms with Gasteiger partial charge in [0.15, 0.2) is 0 Å². The van der Waals surface area contributed by atoms with Crippen LogP contribution < -0.4 is 4.90 Å². The number of hydrogen-bond donors (Lipinski definition) is 0. The predicted molar refractivity (Wildman–Crippen MR) is 114 cm³/mol. The Kier molecular flexibility index (Phi) is 7.19. The number of piperazine rings is 1. The Morgan fingerprint density at radius 3 is 2.21 bits per heavy atom. The van der Waals surface area contributed by atoms with Gasteiger partial charge in [0.1, 0.15) is 0 Å². The molecule has 2 heterocycles. The molecule has 0 aliphatic carbocycles. The first-order valence-electron chi connectivity index (χ1n) is 10.5. The van der Waals surface area contributed by atoms with E-state index >= 15 is 0 Å². The molecule has 0 bridgehead atoms. The van der Waals surface area contributed by atoms with Gasteiger partial charge in [-0.25, -0.2) is 0 Å². The lowest BCUT2D eigenvalue weighted by molar-refractivity contribution is -0.133. The summed E-state index contributed by atoms with van der Waals surface area (Å²) in [7, 11) is 0. The number of benzene rings is 1. The molecule has 1 amide bonds. The van der Waals surface area contributed by atoms with Crippen LogP contribution in [0.25, 0.3) is 5.69 Å². The van der Waals surface area contributed by atoms with E-state index in [9.17, 15) is 4.79 Å². The summed E-state index contributed by atoms with van der Waals surface area (Å²) in [5, 5.41) is 12.2. The lowest BCUT2D eigenvalue weighted by Crippen LogP contribution is -2.51. The molecule has 0 unspecified atom stereocenters. The van der Waals surface area contributed by atoms with Crippen molar-refractivity contribution >= 4 is 11.9 Å². The van der Waals surface area contributed by atoms with E-state index in [2.05, 4.69) is 53.0 Å². The normalized spacial score (nSPS) is 15.3. The van der Waals surface area contributed by atoms with Crippen LogP contribution >= 0.6 is 0 Å². The zero-order valence-electron chi connectivity index (χ0n) is 18.0. The van der Waals surface area contributed by atoms with Crippen molar-refractivity contribution in [2.75, 3.05) is 50.7 Å². The summed E-state index contributed by atoms with van der Waals surface area (Å²) in [4.78, 5) is 19.3. The Morgan fingerprint density at radius 1 is 1.00 bits per heavy atom. The Morgan fingerprint density at radius 2 is 1.62 bits per heavy atom. The molecule has 29 heavy (non-hydrogen) atoms. The van der Waals surface area contributed by atoms with Gasteiger partial charge in [0.05, 0.1) is 12.2 Å². The molecular formula is C21H33N7O. The molecule has 1 saturated heterocycles. The highest BCUT2D eigenvalue weighted by Gasteiger charge is 2.25. The van der Waals surface area contributed by atoms with E-state index in [1.54, 1.807) is 4.68 Å². The second-order valence-corrected chi connectivity index (χ2v) is 8.58. The molecule has 8 nitrogen and oxygen atoms in total. The number of carbonyl (C=O) groups excluding carboxylic acids is 1. The Labute approximate surface area is 173 Å². The van der Waals surface area contributed by atoms with Gasteiger partial charge < -0.3 is 9.80 Å². The van der Waals surface area contributed by atoms with Crippen molar-refractivity contribution in [1.82, 2.24) is 30.0 Å². The molecule has 0 N–H and O–H groups in total. The van der Waals surface area contributed by atoms with Crippen LogP contribution in [0.1, 0.15) is 27.7 Å². The van der Waals surface area contributed by atoms with Crippen molar-refractivity contribution in [3.8, 4) is 5.69 Å². The number of carbonyl (C=O) groups is 1. The molecule has 8 heteroatoms. The van der Waals surface area contributed by atoms with E-state index in [-0.39, 0.29) is 5.91 Å². The van der Waals surface area contributed by atoms with Gasteiger partial charge in [-0.3, -0.25) is 9.69 Å². The highest BCUT2D eigenvalue weighted by molar-refractivity contribution is 5.78. The zero-order valence-corrected chi connectivity index (χ0v) is 18.0. The van der Waals surface area contributed by atoms with Crippen molar-refractivity contribution in [3.05, 3.63) is 30.3 Å². The number of tetrazole rings is 1. The lowest BCUT2D eigenvalue weighted by Gasteiger charge is -2.36. The number of hydrogen-bond acceptors (Lipinski definition) is 6. The summed E-state index contributed by atoms with van der Waals surface area (Å²) < 4.78 is 1.77. The molecule has 0 atom stereocenters. The summed E-state index contributed by atoms with van der Waals surface area (Å²) in [6.07, 6.45) is 0. The fourth-order valence-electron chi connectivity index (χ4n) is 3.67. The van der Waals surface area contributed by atoms with E-state index in [4.69, 9.17) is 0 Å². The van der Waals surface area contributed by atoms with Crippen LogP contribution in [0.2, 0.25) is 0 Å². The number of para-hydroxylation sites is 1. The number of amides is 1. The largest absolute Gasteiger partial charge is 0.341 e. The van der Waals surface area contributed by atoms with E-state index in [1.807, 2.05) is 35.2 Å². The summed E-state index contributed by atoms with van der Waals surface area (Å²) in [6.45, 7) is 14.0. The zero-order chi connectivity index (χ0) is 20.8. The SMILES string of the molecule is CC(C)CN(CC(C)C)C(=O)CN1CCN(c2nnnn2-c2ccccc2)CC1. The quantitative estimate of drug-likeness (QED) is 0.676. The average Bonchev–Trinajstić information content (AvgIpc) is 3.18. The topological polar surface area (TPSA) is 70.4 Å². The summed E-state index contributed by atoms with van der Waals surface area (Å²) in [5.41, 5.74) is 0.947. The van der Waals surface area contributed by atoms with Gasteiger partial charge in [0, 0.05) is 39.3 Å². The minimum Gasteiger partial charge on any atom is -0.341 e. The minimum atomic E-state index is 0.231. The number of aromatic nitrogens is 4. The molecule has 2 aromatic rings. The summed E-state index contributed by atoms with van der Waals surface area (Å²) in [6, 6.07) is 9.92. The monoisotopic (exact) mass is 399 g/mol. The van der Waals surface area contributed by atoms with Crippen LogP contribution in [-0.2, 0) is 4.79 Å². The molecule has 1 fully saturated rings. The van der Waals surface area contributed by atoms with E-state index in [0.717, 1.165) is 50.9 Å². The maximum Gasteiger partial charge on any atom is 0.250 e. The Hall–Kier alpha value is -2.48. The molecular weight excluding hydrogens is 366 g/mol. The van der Waals surface area contributed by atoms with Crippen molar-refractivity contribution < 1.29 is 4.79 Å². The first kappa shape index (κ1) is 21.2. The minimum absolute atomic E-state index is 0.231. The predicted octanol–water partition coefficient (Wildman–Crippen LogP) is 1.92. The smallest absolute Gasteiger partial charge is 0.250 e. The number of anilines is 1. The van der Waals surface area contributed by atoms with Crippen molar-refractivity contribution in [2.45, 2.75) is 27.7 Å². The molecule has 1 aliphatic heterocycles. The van der Waals surface area contributed by atoms with Crippen LogP contribution in [0.3, 0.4) is 0 Å². The molecule has 1 aromatic heterocycles. The van der Waals surface area contributed by atoms with Crippen molar-refractivity contribution in [1.29, 1.82) is 0 Å². The third kappa shape index (κ3) is 5.76. The van der Waals surface area contributed by atoms with Crippen LogP contribution in [0.15, 0.2) is 30.3 Å². The number of rotatable bonds is 8. The molecule has 158 valence electrons. The third-order valence-electron chi connectivity index (χ3n) is 4.99. The standard InChI is InChI=1S/C21H33N7O/c1-17(2)14-27(15-18(3)4)20(29)16-25-10-12-26(13-11-25)21-22-23-24-28(21)19-8-6-5-7-9-19/h5-9,17-18H,10-16H2,1-4H3. The van der Waals surface area contributed by atoms with Gasteiger partial charge in [-0.2, -0.15) is 4.68 Å². The summed E-state index contributed by atoms with van der Waals surface area (Å²) in [5.74, 6) is 1.94. The first-order chi connectivity index (χ1) is 13.9. The fourth-order valence-corrected chi connectivity index (χ4v) is 3.67. The van der Waals surface area contributed by atoms with Gasteiger partial charge in [0.2, 0.25) is 11.9 Å². The van der Waals surface area contributed by atoms with Gasteiger partial charge in [0.25, 0.3) is 0 Å².